The molecule has 0 bridgehead atoms. The fraction of sp³-hybridized carbons (Fsp3) is 0.484. The molecular weight excluding hydrogens is 463 g/mol. The van der Waals surface area contributed by atoms with Gasteiger partial charge in [0, 0.05) is 37.7 Å². The number of halogens is 1. The lowest BCUT2D eigenvalue weighted by Gasteiger charge is -2.35. The summed E-state index contributed by atoms with van der Waals surface area (Å²) in [7, 11) is 0. The molecule has 2 aromatic carbocycles. The molecule has 1 aromatic heterocycles. The number of hydrogen-bond donors (Lipinski definition) is 0. The Morgan fingerprint density at radius 2 is 1.59 bits per heavy atom. The van der Waals surface area contributed by atoms with Crippen LogP contribution in [0.5, 0.6) is 0 Å². The van der Waals surface area contributed by atoms with Gasteiger partial charge >= 0.3 is 0 Å². The molecule has 0 amide bonds. The van der Waals surface area contributed by atoms with Gasteiger partial charge in [-0.3, -0.25) is 4.90 Å². The fourth-order valence-electron chi connectivity index (χ4n) is 6.30. The highest BCUT2D eigenvalue weighted by atomic mass is 19.1. The first-order valence-electron chi connectivity index (χ1n) is 14.0. The Morgan fingerprint density at radius 3 is 2.30 bits per heavy atom. The van der Waals surface area contributed by atoms with Crippen molar-refractivity contribution in [1.29, 1.82) is 0 Å². The second-order valence-corrected chi connectivity index (χ2v) is 11.1. The predicted molar refractivity (Wildman–Crippen MR) is 144 cm³/mol. The molecule has 1 saturated heterocycles. The highest BCUT2D eigenvalue weighted by Crippen LogP contribution is 2.29. The van der Waals surface area contributed by atoms with E-state index in [1.54, 1.807) is 0 Å². The molecule has 0 radical (unpaired) electrons. The molecule has 5 nitrogen and oxygen atoms in total. The van der Waals surface area contributed by atoms with Crippen LogP contribution in [0.4, 0.5) is 4.39 Å². The van der Waals surface area contributed by atoms with Crippen LogP contribution in [0.15, 0.2) is 59.1 Å². The number of piperidine rings is 1. The molecule has 3 aromatic rings. The molecule has 6 rings (SSSR count). The van der Waals surface area contributed by atoms with Gasteiger partial charge in [0.25, 0.3) is 5.89 Å². The highest BCUT2D eigenvalue weighted by molar-refractivity contribution is 5.66. The number of rotatable bonds is 7. The van der Waals surface area contributed by atoms with Crippen LogP contribution >= 0.6 is 0 Å². The maximum absolute atomic E-state index is 13.2. The van der Waals surface area contributed by atoms with E-state index in [4.69, 9.17) is 9.51 Å². The first-order chi connectivity index (χ1) is 18.2. The number of hydrogen-bond acceptors (Lipinski definition) is 5. The van der Waals surface area contributed by atoms with Gasteiger partial charge < -0.3 is 9.42 Å². The molecule has 2 fully saturated rings. The molecule has 6 heteroatoms. The van der Waals surface area contributed by atoms with Crippen molar-refractivity contribution in [3.05, 3.63) is 77.4 Å². The number of likely N-dealkylation sites (tertiary alicyclic amines) is 1. The lowest BCUT2D eigenvalue weighted by Crippen LogP contribution is -2.40. The Balaban J connectivity index is 0.993. The van der Waals surface area contributed by atoms with E-state index in [9.17, 15) is 4.39 Å². The van der Waals surface area contributed by atoms with Crippen molar-refractivity contribution < 1.29 is 8.91 Å². The fourth-order valence-corrected chi connectivity index (χ4v) is 6.30. The highest BCUT2D eigenvalue weighted by Gasteiger charge is 2.28. The normalized spacial score (nSPS) is 20.4. The SMILES string of the molecule is Fc1ccc(C2=CCN(Cc3ccc(-c4nc(CC5CCN(C6CCCC6)CC5)no4)cc3)CC2)cc1. The summed E-state index contributed by atoms with van der Waals surface area (Å²) in [4.78, 5) is 9.88. The van der Waals surface area contributed by atoms with E-state index in [1.165, 1.54) is 74.9 Å². The Kier molecular flexibility index (Phi) is 7.47. The van der Waals surface area contributed by atoms with Crippen LogP contribution in [0.25, 0.3) is 17.0 Å². The summed E-state index contributed by atoms with van der Waals surface area (Å²) >= 11 is 0. The molecule has 0 atom stereocenters. The van der Waals surface area contributed by atoms with Gasteiger partial charge in [0.1, 0.15) is 5.82 Å². The lowest BCUT2D eigenvalue weighted by atomic mass is 9.92. The van der Waals surface area contributed by atoms with Crippen molar-refractivity contribution >= 4 is 5.57 Å². The third-order valence-corrected chi connectivity index (χ3v) is 8.54. The predicted octanol–water partition coefficient (Wildman–Crippen LogP) is 6.36. The zero-order valence-electron chi connectivity index (χ0n) is 21.6. The largest absolute Gasteiger partial charge is 0.334 e. The average molecular weight is 501 g/mol. The smallest absolute Gasteiger partial charge is 0.257 e. The van der Waals surface area contributed by atoms with E-state index >= 15 is 0 Å². The average Bonchev–Trinajstić information content (AvgIpc) is 3.64. The molecule has 37 heavy (non-hydrogen) atoms. The Labute approximate surface area is 219 Å². The minimum absolute atomic E-state index is 0.183. The summed E-state index contributed by atoms with van der Waals surface area (Å²) in [5, 5.41) is 4.30. The number of benzene rings is 2. The Morgan fingerprint density at radius 1 is 0.865 bits per heavy atom. The Hall–Kier alpha value is -2.83. The van der Waals surface area contributed by atoms with Gasteiger partial charge in [0.05, 0.1) is 0 Å². The molecule has 3 aliphatic rings. The molecule has 0 spiro atoms. The number of aromatic nitrogens is 2. The van der Waals surface area contributed by atoms with Gasteiger partial charge in [-0.25, -0.2) is 4.39 Å². The van der Waals surface area contributed by atoms with E-state index in [0.717, 1.165) is 55.5 Å². The molecule has 194 valence electrons. The minimum Gasteiger partial charge on any atom is -0.334 e. The molecule has 3 heterocycles. The summed E-state index contributed by atoms with van der Waals surface area (Å²) in [5.41, 5.74) is 4.68. The maximum atomic E-state index is 13.2. The van der Waals surface area contributed by atoms with Crippen LogP contribution in [0.2, 0.25) is 0 Å². The minimum atomic E-state index is -0.183. The summed E-state index contributed by atoms with van der Waals surface area (Å²) in [6.45, 7) is 5.25. The standard InChI is InChI=1S/C31H37FN4O/c32-28-11-9-25(10-12-28)26-15-17-35(18-16-26)22-24-5-7-27(8-6-24)31-33-30(34-37-31)21-23-13-19-36(20-14-23)29-3-1-2-4-29/h5-12,15,23,29H,1-4,13-14,16-22H2. The van der Waals surface area contributed by atoms with Crippen LogP contribution < -0.4 is 0 Å². The monoisotopic (exact) mass is 500 g/mol. The first-order valence-corrected chi connectivity index (χ1v) is 14.0. The van der Waals surface area contributed by atoms with E-state index < -0.39 is 0 Å². The van der Waals surface area contributed by atoms with E-state index in [-0.39, 0.29) is 5.82 Å². The van der Waals surface area contributed by atoms with Crippen LogP contribution in [-0.2, 0) is 13.0 Å². The van der Waals surface area contributed by atoms with Gasteiger partial charge in [0.2, 0.25) is 0 Å². The van der Waals surface area contributed by atoms with Crippen LogP contribution in [0, 0.1) is 11.7 Å². The molecule has 1 saturated carbocycles. The molecule has 0 unspecified atom stereocenters. The van der Waals surface area contributed by atoms with Crippen LogP contribution in [0.1, 0.15) is 61.9 Å². The molecule has 1 aliphatic carbocycles. The summed E-state index contributed by atoms with van der Waals surface area (Å²) in [6, 6.07) is 16.2. The first kappa shape index (κ1) is 24.5. The zero-order valence-corrected chi connectivity index (χ0v) is 21.6. The van der Waals surface area contributed by atoms with E-state index in [2.05, 4.69) is 45.3 Å². The maximum Gasteiger partial charge on any atom is 0.257 e. The van der Waals surface area contributed by atoms with E-state index in [0.29, 0.717) is 11.8 Å². The number of nitrogens with zero attached hydrogens (tertiary/aromatic N) is 4. The molecule has 2 aliphatic heterocycles. The van der Waals surface area contributed by atoms with Crippen molar-refractivity contribution in [2.24, 2.45) is 5.92 Å². The topological polar surface area (TPSA) is 45.4 Å². The molecular formula is C31H37FN4O. The lowest BCUT2D eigenvalue weighted by molar-refractivity contribution is 0.133. The van der Waals surface area contributed by atoms with Crippen molar-refractivity contribution in [2.75, 3.05) is 26.2 Å². The van der Waals surface area contributed by atoms with Crippen molar-refractivity contribution in [3.8, 4) is 11.5 Å². The van der Waals surface area contributed by atoms with Crippen LogP contribution in [-0.4, -0.2) is 52.2 Å². The second kappa shape index (κ2) is 11.3. The van der Waals surface area contributed by atoms with Gasteiger partial charge in [-0.15, -0.1) is 0 Å². The quantitative estimate of drug-likeness (QED) is 0.378. The van der Waals surface area contributed by atoms with Crippen molar-refractivity contribution in [3.63, 3.8) is 0 Å². The van der Waals surface area contributed by atoms with Gasteiger partial charge in [0.15, 0.2) is 5.82 Å². The van der Waals surface area contributed by atoms with Crippen molar-refractivity contribution in [2.45, 2.75) is 64.0 Å². The molecule has 0 N–H and O–H groups in total. The third-order valence-electron chi connectivity index (χ3n) is 8.54. The zero-order chi connectivity index (χ0) is 25.0. The Bertz CT molecular complexity index is 1190. The van der Waals surface area contributed by atoms with Gasteiger partial charge in [-0.2, -0.15) is 4.98 Å². The van der Waals surface area contributed by atoms with Crippen LogP contribution in [0.3, 0.4) is 0 Å². The summed E-state index contributed by atoms with van der Waals surface area (Å²) < 4.78 is 18.8. The summed E-state index contributed by atoms with van der Waals surface area (Å²) in [5.74, 6) is 1.94. The van der Waals surface area contributed by atoms with Crippen molar-refractivity contribution in [1.82, 2.24) is 19.9 Å². The second-order valence-electron chi connectivity index (χ2n) is 11.1. The third kappa shape index (κ3) is 6.02. The van der Waals surface area contributed by atoms with Gasteiger partial charge in [-0.1, -0.05) is 48.3 Å². The summed E-state index contributed by atoms with van der Waals surface area (Å²) in [6.07, 6.45) is 12.3. The van der Waals surface area contributed by atoms with E-state index in [1.807, 2.05) is 12.1 Å². The van der Waals surface area contributed by atoms with Gasteiger partial charge in [-0.05, 0) is 92.1 Å².